The van der Waals surface area contributed by atoms with E-state index >= 15 is 0 Å². The van der Waals surface area contributed by atoms with Crippen molar-refractivity contribution in [1.82, 2.24) is 4.67 Å². The highest BCUT2D eigenvalue weighted by Gasteiger charge is 2.59. The number of quaternary nitrogens is 1. The lowest BCUT2D eigenvalue weighted by atomic mass is 9.68. The van der Waals surface area contributed by atoms with Crippen LogP contribution in [0.1, 0.15) is 97.6 Å². The summed E-state index contributed by atoms with van der Waals surface area (Å²) in [4.78, 5) is 0. The quantitative estimate of drug-likeness (QED) is 0.120. The van der Waals surface area contributed by atoms with Crippen molar-refractivity contribution in [1.29, 1.82) is 0 Å². The second kappa shape index (κ2) is 12.5. The number of benzene rings is 3. The summed E-state index contributed by atoms with van der Waals surface area (Å²) in [6, 6.07) is 23.3. The Labute approximate surface area is 288 Å². The van der Waals surface area contributed by atoms with Crippen LogP contribution in [0.15, 0.2) is 78.4 Å². The van der Waals surface area contributed by atoms with E-state index < -0.39 is 8.24 Å². The fourth-order valence-electron chi connectivity index (χ4n) is 11.5. The Morgan fingerprint density at radius 3 is 2.15 bits per heavy atom. The smallest absolute Gasteiger partial charge is 0.191 e. The van der Waals surface area contributed by atoms with Crippen LogP contribution >= 0.6 is 0 Å². The molecule has 0 heterocycles. The summed E-state index contributed by atoms with van der Waals surface area (Å²) in [5, 5.41) is 2.68. The van der Waals surface area contributed by atoms with Gasteiger partial charge in [0.2, 0.25) is 0 Å². The van der Waals surface area contributed by atoms with Gasteiger partial charge in [-0.15, -0.1) is 0 Å². The van der Waals surface area contributed by atoms with E-state index in [1.165, 1.54) is 72.4 Å². The molecule has 252 valence electrons. The van der Waals surface area contributed by atoms with Crippen molar-refractivity contribution in [3.63, 3.8) is 0 Å². The third-order valence-electron chi connectivity index (χ3n) is 12.1. The van der Waals surface area contributed by atoms with Crippen molar-refractivity contribution in [3.05, 3.63) is 89.5 Å². The molecule has 3 aliphatic carbocycles. The molecule has 3 heteroatoms. The third-order valence-corrected chi connectivity index (χ3v) is 17.1. The first-order valence-electron chi connectivity index (χ1n) is 18.8. The van der Waals surface area contributed by atoms with E-state index in [0.29, 0.717) is 11.8 Å². The lowest BCUT2D eigenvalue weighted by Crippen LogP contribution is -2.72. The summed E-state index contributed by atoms with van der Waals surface area (Å²) >= 11 is 0. The molecule has 2 nitrogen and oxygen atoms in total. The maximum atomic E-state index is 2.93. The minimum atomic E-state index is -1.91. The van der Waals surface area contributed by atoms with E-state index in [4.69, 9.17) is 0 Å². The Kier molecular flexibility index (Phi) is 9.11. The van der Waals surface area contributed by atoms with Gasteiger partial charge in [-0.3, -0.25) is 4.59 Å². The normalized spacial score (nSPS) is 23.8. The van der Waals surface area contributed by atoms with Crippen LogP contribution in [0.4, 0.5) is 0 Å². The van der Waals surface area contributed by atoms with E-state index in [0.717, 1.165) is 16.1 Å². The molecule has 4 unspecified atom stereocenters. The Morgan fingerprint density at radius 1 is 0.851 bits per heavy atom. The molecule has 0 aliphatic heterocycles. The zero-order chi connectivity index (χ0) is 33.9. The second-order valence-corrected chi connectivity index (χ2v) is 22.2. The Balaban J connectivity index is 1.53. The number of hydrogen-bond donors (Lipinski definition) is 0. The fourth-order valence-corrected chi connectivity index (χ4v) is 17.8. The topological polar surface area (TPSA) is 3.24 Å². The first-order valence-corrected chi connectivity index (χ1v) is 21.9. The van der Waals surface area contributed by atoms with Crippen molar-refractivity contribution in [2.45, 2.75) is 116 Å². The molecular weight excluding hydrogens is 585 g/mol. The van der Waals surface area contributed by atoms with Crippen molar-refractivity contribution in [3.8, 4) is 11.1 Å². The minimum Gasteiger partial charge on any atom is -0.257 e. The molecule has 4 atom stereocenters. The highest BCUT2D eigenvalue weighted by molar-refractivity contribution is 6.76. The maximum absolute atomic E-state index is 2.93. The summed E-state index contributed by atoms with van der Waals surface area (Å²) in [5.41, 5.74) is 10.1. The molecule has 1 saturated carbocycles. The summed E-state index contributed by atoms with van der Waals surface area (Å²) in [5.74, 6) is 1.98. The summed E-state index contributed by atoms with van der Waals surface area (Å²) < 4.78 is 3.84. The SMILES string of the molecule is CCCCC1(CCCC)C2=CC3C(C=C2c2ccc(-c4cccc5ccccc45)cc21)CC(C)C3[Si](C)(C)N(C(C)(C)C)[N+](C)(C)C. The molecule has 0 bridgehead atoms. The molecule has 3 aromatic carbocycles. The molecule has 0 saturated heterocycles. The zero-order valence-corrected chi connectivity index (χ0v) is 32.6. The molecule has 0 aromatic heterocycles. The van der Waals surface area contributed by atoms with E-state index in [2.05, 4.69) is 153 Å². The van der Waals surface area contributed by atoms with Crippen molar-refractivity contribution in [2.24, 2.45) is 17.8 Å². The number of hydrogen-bond acceptors (Lipinski definition) is 1. The third kappa shape index (κ3) is 5.83. The van der Waals surface area contributed by atoms with Gasteiger partial charge in [0.05, 0.1) is 26.7 Å². The standard InChI is InChI=1S/C44H63N2Si/c1-12-14-25-44(26-15-13-2)40-29-33(36-22-18-20-32-19-16-17-21-35(32)36)23-24-37(40)39-28-34-27-31(3)42(38(34)30-41(39)44)47(10,11)45(43(4,5)6)46(7,8)9/h16-24,28-31,34,38,42H,12-15,25-27H2,1-11H3/q+1. The van der Waals surface area contributed by atoms with Crippen LogP contribution in [-0.4, -0.2) is 44.2 Å². The molecule has 6 rings (SSSR count). The number of nitrogens with zero attached hydrogens (tertiary/aromatic N) is 2. The summed E-state index contributed by atoms with van der Waals surface area (Å²) in [7, 11) is 5.29. The maximum Gasteiger partial charge on any atom is 0.191 e. The first kappa shape index (κ1) is 34.4. The Hall–Kier alpha value is -2.46. The summed E-state index contributed by atoms with van der Waals surface area (Å²) in [6.07, 6.45) is 14.6. The molecule has 0 N–H and O–H groups in total. The van der Waals surface area contributed by atoms with Gasteiger partial charge in [0.15, 0.2) is 8.24 Å². The molecule has 1 fully saturated rings. The van der Waals surface area contributed by atoms with Gasteiger partial charge >= 0.3 is 0 Å². The average Bonchev–Trinajstić information content (AvgIpc) is 3.46. The second-order valence-electron chi connectivity index (χ2n) is 17.8. The van der Waals surface area contributed by atoms with Gasteiger partial charge in [-0.25, -0.2) is 0 Å². The highest BCUT2D eigenvalue weighted by Crippen LogP contribution is 2.63. The van der Waals surface area contributed by atoms with Gasteiger partial charge in [0, 0.05) is 5.41 Å². The minimum absolute atomic E-state index is 0.102. The number of allylic oxidation sites excluding steroid dienone is 4. The summed E-state index contributed by atoms with van der Waals surface area (Å²) in [6.45, 7) is 20.1. The zero-order valence-electron chi connectivity index (χ0n) is 31.6. The molecule has 47 heavy (non-hydrogen) atoms. The van der Waals surface area contributed by atoms with Crippen LogP contribution in [-0.2, 0) is 5.41 Å². The fraction of sp³-hybridized carbons (Fsp3) is 0.545. The van der Waals surface area contributed by atoms with E-state index in [1.807, 2.05) is 0 Å². The Bertz CT molecular complexity index is 1650. The van der Waals surface area contributed by atoms with Crippen LogP contribution in [0.2, 0.25) is 18.6 Å². The lowest BCUT2D eigenvalue weighted by Gasteiger charge is -2.55. The van der Waals surface area contributed by atoms with Gasteiger partial charge in [-0.05, 0) is 114 Å². The van der Waals surface area contributed by atoms with Crippen LogP contribution in [0.25, 0.3) is 27.5 Å². The molecule has 3 aliphatic rings. The van der Waals surface area contributed by atoms with Crippen LogP contribution < -0.4 is 0 Å². The van der Waals surface area contributed by atoms with Gasteiger partial charge in [0.25, 0.3) is 0 Å². The van der Waals surface area contributed by atoms with Crippen molar-refractivity contribution in [2.75, 3.05) is 21.1 Å². The van der Waals surface area contributed by atoms with E-state index in [1.54, 1.807) is 16.7 Å². The molecule has 3 aromatic rings. The average molecular weight is 648 g/mol. The Morgan fingerprint density at radius 2 is 1.51 bits per heavy atom. The van der Waals surface area contributed by atoms with Crippen molar-refractivity contribution < 1.29 is 4.59 Å². The van der Waals surface area contributed by atoms with Gasteiger partial charge < -0.3 is 0 Å². The lowest BCUT2D eigenvalue weighted by molar-refractivity contribution is -0.978. The predicted molar refractivity (Wildman–Crippen MR) is 208 cm³/mol. The van der Waals surface area contributed by atoms with Crippen LogP contribution in [0, 0.1) is 17.8 Å². The predicted octanol–water partition coefficient (Wildman–Crippen LogP) is 12.0. The van der Waals surface area contributed by atoms with E-state index in [-0.39, 0.29) is 11.0 Å². The molecule has 0 spiro atoms. The van der Waals surface area contributed by atoms with Crippen LogP contribution in [0.3, 0.4) is 0 Å². The van der Waals surface area contributed by atoms with Gasteiger partial charge in [0.1, 0.15) is 0 Å². The number of unbranched alkanes of at least 4 members (excludes halogenated alkanes) is 2. The van der Waals surface area contributed by atoms with Crippen molar-refractivity contribution >= 4 is 24.6 Å². The van der Waals surface area contributed by atoms with E-state index in [9.17, 15) is 0 Å². The largest absolute Gasteiger partial charge is 0.257 e. The number of fused-ring (bicyclic) bond motifs is 5. The first-order chi connectivity index (χ1) is 22.1. The highest BCUT2D eigenvalue weighted by atomic mass is 28.3. The monoisotopic (exact) mass is 647 g/mol. The van der Waals surface area contributed by atoms with Gasteiger partial charge in [-0.1, -0.05) is 126 Å². The van der Waals surface area contributed by atoms with Crippen LogP contribution in [0.5, 0.6) is 0 Å². The number of rotatable bonds is 10. The molecular formula is C44H63N2Si+. The molecule has 0 amide bonds. The van der Waals surface area contributed by atoms with Gasteiger partial charge in [-0.2, -0.15) is 4.67 Å². The molecule has 0 radical (unpaired) electrons.